The van der Waals surface area contributed by atoms with E-state index in [1.165, 1.54) is 11.3 Å². The monoisotopic (exact) mass is 305 g/mol. The number of hydrogen-bond donors (Lipinski definition) is 2. The lowest BCUT2D eigenvalue weighted by atomic mass is 9.93. The average molecular weight is 305 g/mol. The molecule has 0 unspecified atom stereocenters. The highest BCUT2D eigenvalue weighted by Gasteiger charge is 2.21. The summed E-state index contributed by atoms with van der Waals surface area (Å²) in [5.74, 6) is 1.08. The summed E-state index contributed by atoms with van der Waals surface area (Å²) >= 11 is 1.53. The van der Waals surface area contributed by atoms with Crippen LogP contribution in [0.15, 0.2) is 23.8 Å². The topological polar surface area (TPSA) is 74.2 Å². The van der Waals surface area contributed by atoms with Crippen LogP contribution < -0.4 is 5.32 Å². The number of β-amino-alcohol motifs (C(OH)–C–C–N with tert-alkyl or cyclic N) is 1. The molecule has 0 saturated carbocycles. The first-order chi connectivity index (χ1) is 10.3. The van der Waals surface area contributed by atoms with Gasteiger partial charge in [-0.2, -0.15) is 0 Å². The molecule has 21 heavy (non-hydrogen) atoms. The smallest absolute Gasteiger partial charge is 0.229 e. The van der Waals surface area contributed by atoms with E-state index in [0.717, 1.165) is 43.3 Å². The second kappa shape index (κ2) is 6.93. The Hall–Kier alpha value is -1.57. The number of hydrogen-bond acceptors (Lipinski definition) is 7. The Kier molecular flexibility index (Phi) is 4.74. The summed E-state index contributed by atoms with van der Waals surface area (Å²) in [5, 5.41) is 14.8. The van der Waals surface area contributed by atoms with Gasteiger partial charge in [0.15, 0.2) is 5.13 Å². The van der Waals surface area contributed by atoms with Crippen LogP contribution in [0.3, 0.4) is 0 Å². The molecule has 0 spiro atoms. The van der Waals surface area contributed by atoms with Gasteiger partial charge in [0, 0.05) is 35.9 Å². The Bertz CT molecular complexity index is 554. The first-order valence-corrected chi connectivity index (χ1v) is 8.06. The zero-order valence-electron chi connectivity index (χ0n) is 11.8. The van der Waals surface area contributed by atoms with Crippen molar-refractivity contribution in [3.8, 4) is 0 Å². The van der Waals surface area contributed by atoms with Gasteiger partial charge >= 0.3 is 0 Å². The van der Waals surface area contributed by atoms with E-state index in [-0.39, 0.29) is 6.61 Å². The molecule has 1 aliphatic heterocycles. The molecule has 0 aromatic carbocycles. The lowest BCUT2D eigenvalue weighted by Crippen LogP contribution is -2.35. The highest BCUT2D eigenvalue weighted by Crippen LogP contribution is 2.27. The minimum Gasteiger partial charge on any atom is -0.395 e. The second-order valence-corrected chi connectivity index (χ2v) is 6.00. The predicted molar refractivity (Wildman–Crippen MR) is 82.9 cm³/mol. The number of thiazole rings is 1. The summed E-state index contributed by atoms with van der Waals surface area (Å²) < 4.78 is 0. The number of anilines is 2. The van der Waals surface area contributed by atoms with Gasteiger partial charge in [0.1, 0.15) is 0 Å². The Morgan fingerprint density at radius 1 is 1.29 bits per heavy atom. The third-order valence-corrected chi connectivity index (χ3v) is 4.44. The fraction of sp³-hybridized carbons (Fsp3) is 0.500. The van der Waals surface area contributed by atoms with Crippen LogP contribution in [0.25, 0.3) is 0 Å². The van der Waals surface area contributed by atoms with Crippen molar-refractivity contribution in [3.05, 3.63) is 29.5 Å². The van der Waals surface area contributed by atoms with Gasteiger partial charge in [-0.15, -0.1) is 11.3 Å². The van der Waals surface area contributed by atoms with E-state index in [9.17, 15) is 0 Å². The van der Waals surface area contributed by atoms with Crippen LogP contribution in [0.2, 0.25) is 0 Å². The summed E-state index contributed by atoms with van der Waals surface area (Å²) in [6.45, 7) is 3.04. The molecule has 1 fully saturated rings. The number of nitrogens with one attached hydrogen (secondary N) is 1. The van der Waals surface area contributed by atoms with Crippen molar-refractivity contribution in [1.82, 2.24) is 19.9 Å². The van der Waals surface area contributed by atoms with E-state index in [4.69, 9.17) is 5.11 Å². The predicted octanol–water partition coefficient (Wildman–Crippen LogP) is 1.85. The van der Waals surface area contributed by atoms with E-state index < -0.39 is 0 Å². The first-order valence-electron chi connectivity index (χ1n) is 7.18. The summed E-state index contributed by atoms with van der Waals surface area (Å²) in [4.78, 5) is 15.4. The molecule has 1 aliphatic rings. The van der Waals surface area contributed by atoms with Crippen LogP contribution in [-0.2, 0) is 0 Å². The minimum absolute atomic E-state index is 0.236. The molecule has 2 N–H and O–H groups in total. The zero-order chi connectivity index (χ0) is 14.5. The number of aromatic nitrogens is 3. The third-order valence-electron chi connectivity index (χ3n) is 3.75. The number of piperidine rings is 1. The normalized spacial score (nSPS) is 17.0. The summed E-state index contributed by atoms with van der Waals surface area (Å²) in [5.41, 5.74) is 1.09. The number of aliphatic hydroxyl groups is 1. The largest absolute Gasteiger partial charge is 0.395 e. The standard InChI is InChI=1S/C14H19N5OS/c20-9-8-19-6-2-11(3-7-19)12-1-4-15-13(17-12)18-14-16-5-10-21-14/h1,4-5,10-11,20H,2-3,6-9H2,(H,15,16,17,18). The number of likely N-dealkylation sites (tertiary alicyclic amines) is 1. The van der Waals surface area contributed by atoms with Crippen LogP contribution in [0.5, 0.6) is 0 Å². The van der Waals surface area contributed by atoms with Gasteiger partial charge in [0.25, 0.3) is 0 Å². The first kappa shape index (κ1) is 14.4. The van der Waals surface area contributed by atoms with Crippen LogP contribution in [0.1, 0.15) is 24.5 Å². The van der Waals surface area contributed by atoms with Gasteiger partial charge in [-0.25, -0.2) is 15.0 Å². The van der Waals surface area contributed by atoms with Gasteiger partial charge in [-0.1, -0.05) is 0 Å². The second-order valence-electron chi connectivity index (χ2n) is 5.11. The molecule has 2 aromatic rings. The van der Waals surface area contributed by atoms with Crippen molar-refractivity contribution in [2.45, 2.75) is 18.8 Å². The van der Waals surface area contributed by atoms with Gasteiger partial charge in [-0.05, 0) is 32.0 Å². The lowest BCUT2D eigenvalue weighted by molar-refractivity contribution is 0.163. The zero-order valence-corrected chi connectivity index (χ0v) is 12.6. The molecule has 0 amide bonds. The molecule has 7 heteroatoms. The third kappa shape index (κ3) is 3.75. The molecule has 6 nitrogen and oxygen atoms in total. The number of rotatable bonds is 5. The van der Waals surface area contributed by atoms with Crippen molar-refractivity contribution >= 4 is 22.4 Å². The van der Waals surface area contributed by atoms with Crippen molar-refractivity contribution < 1.29 is 5.11 Å². The Morgan fingerprint density at radius 2 is 2.14 bits per heavy atom. The van der Waals surface area contributed by atoms with E-state index >= 15 is 0 Å². The van der Waals surface area contributed by atoms with Gasteiger partial charge in [0.05, 0.1) is 6.61 Å². The van der Waals surface area contributed by atoms with Crippen LogP contribution in [0, 0.1) is 0 Å². The van der Waals surface area contributed by atoms with Crippen LogP contribution in [0.4, 0.5) is 11.1 Å². The molecule has 112 valence electrons. The van der Waals surface area contributed by atoms with Crippen molar-refractivity contribution in [3.63, 3.8) is 0 Å². The Morgan fingerprint density at radius 3 is 2.86 bits per heavy atom. The number of aliphatic hydroxyl groups excluding tert-OH is 1. The Balaban J connectivity index is 1.63. The van der Waals surface area contributed by atoms with E-state index in [1.54, 1.807) is 12.4 Å². The highest BCUT2D eigenvalue weighted by atomic mass is 32.1. The van der Waals surface area contributed by atoms with Gasteiger partial charge in [-0.3, -0.25) is 0 Å². The molecule has 2 aromatic heterocycles. The molecule has 3 heterocycles. The van der Waals surface area contributed by atoms with Gasteiger partial charge in [0.2, 0.25) is 5.95 Å². The molecule has 3 rings (SSSR count). The fourth-order valence-corrected chi connectivity index (χ4v) is 3.16. The molecule has 0 aliphatic carbocycles. The molecule has 0 atom stereocenters. The highest BCUT2D eigenvalue weighted by molar-refractivity contribution is 7.13. The van der Waals surface area contributed by atoms with Gasteiger partial charge < -0.3 is 15.3 Å². The summed E-state index contributed by atoms with van der Waals surface area (Å²) in [7, 11) is 0. The maximum atomic E-state index is 8.98. The van der Waals surface area contributed by atoms with Crippen LogP contribution >= 0.6 is 11.3 Å². The van der Waals surface area contributed by atoms with E-state index in [1.807, 2.05) is 11.4 Å². The molecule has 1 saturated heterocycles. The average Bonchev–Trinajstić information content (AvgIpc) is 3.02. The van der Waals surface area contributed by atoms with E-state index in [2.05, 4.69) is 25.2 Å². The minimum atomic E-state index is 0.236. The molecule has 0 radical (unpaired) electrons. The van der Waals surface area contributed by atoms with Crippen molar-refractivity contribution in [2.75, 3.05) is 31.6 Å². The Labute approximate surface area is 127 Å². The van der Waals surface area contributed by atoms with Crippen molar-refractivity contribution in [1.29, 1.82) is 0 Å². The molecular weight excluding hydrogens is 286 g/mol. The molecular formula is C14H19N5OS. The number of nitrogens with zero attached hydrogens (tertiary/aromatic N) is 4. The lowest BCUT2D eigenvalue weighted by Gasteiger charge is -2.31. The molecule has 0 bridgehead atoms. The SMILES string of the molecule is OCCN1CCC(c2ccnc(Nc3nccs3)n2)CC1. The van der Waals surface area contributed by atoms with Crippen molar-refractivity contribution in [2.24, 2.45) is 0 Å². The maximum absolute atomic E-state index is 8.98. The summed E-state index contributed by atoms with van der Waals surface area (Å²) in [6, 6.07) is 2.00. The van der Waals surface area contributed by atoms with Crippen LogP contribution in [-0.4, -0.2) is 51.2 Å². The quantitative estimate of drug-likeness (QED) is 0.878. The maximum Gasteiger partial charge on any atom is 0.229 e. The fourth-order valence-electron chi connectivity index (χ4n) is 2.63. The van der Waals surface area contributed by atoms with E-state index in [0.29, 0.717) is 11.9 Å². The summed E-state index contributed by atoms with van der Waals surface area (Å²) in [6.07, 6.45) is 5.72.